The predicted molar refractivity (Wildman–Crippen MR) is 103 cm³/mol. The summed E-state index contributed by atoms with van der Waals surface area (Å²) in [4.78, 5) is 29.0. The number of hydrogen-bond donors (Lipinski definition) is 1. The van der Waals surface area contributed by atoms with Gasteiger partial charge in [0.1, 0.15) is 12.3 Å². The Morgan fingerprint density at radius 2 is 2.07 bits per heavy atom. The molecule has 1 aromatic carbocycles. The second-order valence-corrected chi connectivity index (χ2v) is 7.07. The minimum Gasteiger partial charge on any atom is -0.478 e. The normalized spacial score (nSPS) is 20.1. The smallest absolute Gasteiger partial charge is 0.268 e. The minimum absolute atomic E-state index is 0.0205. The number of amides is 2. The first-order valence-corrected chi connectivity index (χ1v) is 9.74. The van der Waals surface area contributed by atoms with E-state index in [1.807, 2.05) is 32.0 Å². The lowest BCUT2D eigenvalue weighted by Crippen LogP contribution is -2.49. The second kappa shape index (κ2) is 9.19. The molecule has 1 N–H and O–H groups in total. The first-order valence-electron chi connectivity index (χ1n) is 9.74. The van der Waals surface area contributed by atoms with Gasteiger partial charge in [-0.2, -0.15) is 0 Å². The van der Waals surface area contributed by atoms with Gasteiger partial charge in [-0.05, 0) is 44.0 Å². The van der Waals surface area contributed by atoms with Crippen LogP contribution in [0.1, 0.15) is 25.3 Å². The SMILES string of the molecule is CC[C@H]1Oc2ccc(C)cc2N(CC(=O)NCCCN2CCOCC2)C1=O. The molecule has 2 heterocycles. The van der Waals surface area contributed by atoms with E-state index in [0.717, 1.165) is 44.8 Å². The van der Waals surface area contributed by atoms with Crippen LogP contribution < -0.4 is 15.0 Å². The Hall–Kier alpha value is -2.12. The molecular formula is C20H29N3O4. The molecule has 0 unspecified atom stereocenters. The van der Waals surface area contributed by atoms with Gasteiger partial charge in [-0.25, -0.2) is 0 Å². The molecule has 2 aliphatic heterocycles. The summed E-state index contributed by atoms with van der Waals surface area (Å²) in [6.07, 6.45) is 0.925. The fraction of sp³-hybridized carbons (Fsp3) is 0.600. The van der Waals surface area contributed by atoms with Crippen LogP contribution in [0.25, 0.3) is 0 Å². The molecule has 1 fully saturated rings. The molecule has 1 aromatic rings. The zero-order valence-electron chi connectivity index (χ0n) is 16.2. The topological polar surface area (TPSA) is 71.1 Å². The van der Waals surface area contributed by atoms with Crippen LogP contribution in [-0.4, -0.2) is 68.8 Å². The second-order valence-electron chi connectivity index (χ2n) is 7.07. The number of carbonyl (C=O) groups excluding carboxylic acids is 2. The van der Waals surface area contributed by atoms with Crippen molar-refractivity contribution >= 4 is 17.5 Å². The van der Waals surface area contributed by atoms with Crippen molar-refractivity contribution in [2.24, 2.45) is 0 Å². The van der Waals surface area contributed by atoms with Gasteiger partial charge in [-0.3, -0.25) is 19.4 Å². The third-order valence-electron chi connectivity index (χ3n) is 4.97. The molecule has 27 heavy (non-hydrogen) atoms. The molecule has 0 aliphatic carbocycles. The van der Waals surface area contributed by atoms with Gasteiger partial charge in [0, 0.05) is 19.6 Å². The van der Waals surface area contributed by atoms with Gasteiger partial charge in [0.15, 0.2) is 6.10 Å². The molecule has 1 atom stereocenters. The number of hydrogen-bond acceptors (Lipinski definition) is 5. The largest absolute Gasteiger partial charge is 0.478 e. The number of benzene rings is 1. The molecular weight excluding hydrogens is 346 g/mol. The fourth-order valence-corrected chi connectivity index (χ4v) is 3.41. The highest BCUT2D eigenvalue weighted by Crippen LogP contribution is 2.35. The molecule has 2 aliphatic rings. The van der Waals surface area contributed by atoms with Crippen molar-refractivity contribution in [3.05, 3.63) is 23.8 Å². The molecule has 0 saturated carbocycles. The van der Waals surface area contributed by atoms with Crippen LogP contribution in [-0.2, 0) is 14.3 Å². The molecule has 7 heteroatoms. The van der Waals surface area contributed by atoms with E-state index in [2.05, 4.69) is 10.2 Å². The van der Waals surface area contributed by atoms with Gasteiger partial charge in [0.2, 0.25) is 5.91 Å². The molecule has 0 bridgehead atoms. The van der Waals surface area contributed by atoms with E-state index in [9.17, 15) is 9.59 Å². The highest BCUT2D eigenvalue weighted by molar-refractivity contribution is 6.03. The van der Waals surface area contributed by atoms with Crippen molar-refractivity contribution in [1.82, 2.24) is 10.2 Å². The van der Waals surface area contributed by atoms with Gasteiger partial charge >= 0.3 is 0 Å². The zero-order chi connectivity index (χ0) is 19.2. The number of rotatable bonds is 7. The number of aryl methyl sites for hydroxylation is 1. The number of anilines is 1. The zero-order valence-corrected chi connectivity index (χ0v) is 16.2. The van der Waals surface area contributed by atoms with Crippen molar-refractivity contribution in [2.75, 3.05) is 50.8 Å². The number of carbonyl (C=O) groups is 2. The van der Waals surface area contributed by atoms with Crippen molar-refractivity contribution in [2.45, 2.75) is 32.8 Å². The number of fused-ring (bicyclic) bond motifs is 1. The van der Waals surface area contributed by atoms with Gasteiger partial charge < -0.3 is 14.8 Å². The minimum atomic E-state index is -0.533. The maximum absolute atomic E-state index is 12.7. The Balaban J connectivity index is 1.54. The van der Waals surface area contributed by atoms with E-state index in [4.69, 9.17) is 9.47 Å². The predicted octanol–water partition coefficient (Wildman–Crippen LogP) is 1.34. The summed E-state index contributed by atoms with van der Waals surface area (Å²) >= 11 is 0. The van der Waals surface area contributed by atoms with E-state index in [0.29, 0.717) is 24.4 Å². The highest BCUT2D eigenvalue weighted by atomic mass is 16.5. The number of morpholine rings is 1. The lowest BCUT2D eigenvalue weighted by molar-refractivity contribution is -0.129. The third kappa shape index (κ3) is 4.99. The molecule has 2 amide bonds. The van der Waals surface area contributed by atoms with Crippen molar-refractivity contribution < 1.29 is 19.1 Å². The summed E-state index contributed by atoms with van der Waals surface area (Å²) in [6, 6.07) is 5.71. The average molecular weight is 375 g/mol. The Labute approximate surface area is 160 Å². The van der Waals surface area contributed by atoms with Gasteiger partial charge in [-0.1, -0.05) is 13.0 Å². The van der Waals surface area contributed by atoms with Gasteiger partial charge in [-0.15, -0.1) is 0 Å². The van der Waals surface area contributed by atoms with Gasteiger partial charge in [0.25, 0.3) is 5.91 Å². The van der Waals surface area contributed by atoms with Crippen molar-refractivity contribution in [3.63, 3.8) is 0 Å². The van der Waals surface area contributed by atoms with Crippen molar-refractivity contribution in [1.29, 1.82) is 0 Å². The van der Waals surface area contributed by atoms with Crippen LogP contribution in [0.3, 0.4) is 0 Å². The van der Waals surface area contributed by atoms with Crippen LogP contribution in [0.2, 0.25) is 0 Å². The van der Waals surface area contributed by atoms with E-state index >= 15 is 0 Å². The lowest BCUT2D eigenvalue weighted by atomic mass is 10.1. The van der Waals surface area contributed by atoms with Crippen LogP contribution in [0.15, 0.2) is 18.2 Å². The Kier molecular flexibility index (Phi) is 6.68. The van der Waals surface area contributed by atoms with E-state index in [1.54, 1.807) is 4.90 Å². The summed E-state index contributed by atoms with van der Waals surface area (Å²) in [5.74, 6) is 0.362. The number of nitrogens with one attached hydrogen (secondary N) is 1. The molecule has 3 rings (SSSR count). The summed E-state index contributed by atoms with van der Waals surface area (Å²) in [5, 5.41) is 2.94. The maximum atomic E-state index is 12.7. The third-order valence-corrected chi connectivity index (χ3v) is 4.97. The maximum Gasteiger partial charge on any atom is 0.268 e. The summed E-state index contributed by atoms with van der Waals surface area (Å²) in [6.45, 7) is 8.90. The first kappa shape index (κ1) is 19.6. The summed E-state index contributed by atoms with van der Waals surface area (Å²) in [5.41, 5.74) is 1.70. The molecule has 0 radical (unpaired) electrons. The number of ether oxygens (including phenoxy) is 2. The van der Waals surface area contributed by atoms with E-state index < -0.39 is 6.10 Å². The Bertz CT molecular complexity index is 673. The van der Waals surface area contributed by atoms with E-state index in [-0.39, 0.29) is 18.4 Å². The average Bonchev–Trinajstić information content (AvgIpc) is 2.68. The van der Waals surface area contributed by atoms with Gasteiger partial charge in [0.05, 0.1) is 18.9 Å². The molecule has 1 saturated heterocycles. The highest BCUT2D eigenvalue weighted by Gasteiger charge is 2.34. The first-order chi connectivity index (χ1) is 13.1. The molecule has 7 nitrogen and oxygen atoms in total. The van der Waals surface area contributed by atoms with Crippen molar-refractivity contribution in [3.8, 4) is 5.75 Å². The summed E-state index contributed by atoms with van der Waals surface area (Å²) < 4.78 is 11.1. The Morgan fingerprint density at radius 3 is 2.81 bits per heavy atom. The van der Waals surface area contributed by atoms with E-state index in [1.165, 1.54) is 0 Å². The molecule has 148 valence electrons. The lowest BCUT2D eigenvalue weighted by Gasteiger charge is -2.34. The van der Waals surface area contributed by atoms with Crippen LogP contribution in [0, 0.1) is 6.92 Å². The monoisotopic (exact) mass is 375 g/mol. The summed E-state index contributed by atoms with van der Waals surface area (Å²) in [7, 11) is 0. The fourth-order valence-electron chi connectivity index (χ4n) is 3.41. The Morgan fingerprint density at radius 1 is 1.30 bits per heavy atom. The number of nitrogens with zero attached hydrogens (tertiary/aromatic N) is 2. The van der Waals surface area contributed by atoms with Crippen LogP contribution in [0.5, 0.6) is 5.75 Å². The standard InChI is InChI=1S/C20H29N3O4/c1-3-17-20(25)23(16-13-15(2)5-6-18(16)27-17)14-19(24)21-7-4-8-22-9-11-26-12-10-22/h5-6,13,17H,3-4,7-12,14H2,1-2H3,(H,21,24)/t17-/m1/s1. The molecule has 0 aromatic heterocycles. The van der Waals surface area contributed by atoms with Crippen LogP contribution in [0.4, 0.5) is 5.69 Å². The quantitative estimate of drug-likeness (QED) is 0.728. The molecule has 0 spiro atoms. The van der Waals surface area contributed by atoms with Crippen LogP contribution >= 0.6 is 0 Å².